The van der Waals surface area contributed by atoms with E-state index in [1.165, 1.54) is 16.7 Å². The molecule has 0 spiro atoms. The SMILES string of the molecule is CC(C)c1cccc(C(C)C)c1-c1cc(O)c2c(N=Cc3cc(-c4ccccc4)cc(-c4ccccc4O)n3)cccc2c1.[Pt]. The van der Waals surface area contributed by atoms with Crippen LogP contribution >= 0.6 is 0 Å². The van der Waals surface area contributed by atoms with Crippen LogP contribution in [0.1, 0.15) is 56.4 Å². The first-order valence-electron chi connectivity index (χ1n) is 15.1. The first-order valence-corrected chi connectivity index (χ1v) is 15.1. The Morgan fingerprint density at radius 3 is 1.98 bits per heavy atom. The zero-order valence-corrected chi connectivity index (χ0v) is 28.1. The summed E-state index contributed by atoms with van der Waals surface area (Å²) in [6.45, 7) is 8.84. The predicted octanol–water partition coefficient (Wildman–Crippen LogP) is 10.6. The third-order valence-corrected chi connectivity index (χ3v) is 8.06. The van der Waals surface area contributed by atoms with Crippen LogP contribution in [0.5, 0.6) is 11.5 Å². The number of phenolic OH excluding ortho intramolecular Hbond substituents is 2. The average molecular weight is 772 g/mol. The van der Waals surface area contributed by atoms with Gasteiger partial charge in [0.2, 0.25) is 0 Å². The van der Waals surface area contributed by atoms with Crippen LogP contribution in [0.3, 0.4) is 0 Å². The van der Waals surface area contributed by atoms with Gasteiger partial charge >= 0.3 is 0 Å². The molecule has 0 unspecified atom stereocenters. The molecule has 0 aliphatic carbocycles. The number of aromatic hydroxyl groups is 2. The minimum atomic E-state index is 0. The molecule has 0 saturated carbocycles. The maximum Gasteiger partial charge on any atom is 0.126 e. The van der Waals surface area contributed by atoms with Gasteiger partial charge in [-0.15, -0.1) is 0 Å². The van der Waals surface area contributed by atoms with E-state index in [4.69, 9.17) is 9.98 Å². The number of hydrogen-bond donors (Lipinski definition) is 2. The molecular weight excluding hydrogens is 736 g/mol. The molecule has 6 aromatic rings. The summed E-state index contributed by atoms with van der Waals surface area (Å²) >= 11 is 0. The van der Waals surface area contributed by atoms with Gasteiger partial charge in [-0.05, 0) is 93.1 Å². The van der Waals surface area contributed by atoms with E-state index in [9.17, 15) is 10.2 Å². The second-order valence-electron chi connectivity index (χ2n) is 11.8. The van der Waals surface area contributed by atoms with Gasteiger partial charge in [-0.1, -0.05) is 100 Å². The van der Waals surface area contributed by atoms with Gasteiger partial charge in [-0.3, -0.25) is 4.99 Å². The molecule has 4 nitrogen and oxygen atoms in total. The Balaban J connectivity index is 0.00000400. The number of pyridine rings is 1. The molecule has 0 bridgehead atoms. The van der Waals surface area contributed by atoms with E-state index in [1.807, 2.05) is 78.9 Å². The summed E-state index contributed by atoms with van der Waals surface area (Å²) in [5, 5.41) is 23.6. The van der Waals surface area contributed by atoms with Crippen molar-refractivity contribution in [2.45, 2.75) is 39.5 Å². The summed E-state index contributed by atoms with van der Waals surface area (Å²) in [7, 11) is 0. The Labute approximate surface area is 279 Å². The number of nitrogens with zero attached hydrogens (tertiary/aromatic N) is 2. The van der Waals surface area contributed by atoms with Crippen molar-refractivity contribution in [2.24, 2.45) is 4.99 Å². The van der Waals surface area contributed by atoms with Crippen molar-refractivity contribution in [3.63, 3.8) is 0 Å². The fourth-order valence-corrected chi connectivity index (χ4v) is 5.90. The van der Waals surface area contributed by atoms with Gasteiger partial charge in [0.1, 0.15) is 11.5 Å². The third-order valence-electron chi connectivity index (χ3n) is 8.06. The van der Waals surface area contributed by atoms with Crippen LogP contribution in [0, 0.1) is 0 Å². The zero-order valence-electron chi connectivity index (χ0n) is 25.8. The van der Waals surface area contributed by atoms with E-state index in [0.717, 1.165) is 22.1 Å². The van der Waals surface area contributed by atoms with Crippen molar-refractivity contribution < 1.29 is 31.3 Å². The Morgan fingerprint density at radius 2 is 1.29 bits per heavy atom. The van der Waals surface area contributed by atoms with Crippen molar-refractivity contribution in [1.82, 2.24) is 4.98 Å². The normalized spacial score (nSPS) is 11.4. The molecule has 1 heterocycles. The van der Waals surface area contributed by atoms with Gasteiger partial charge in [0.05, 0.1) is 23.3 Å². The first kappa shape index (κ1) is 31.9. The van der Waals surface area contributed by atoms with Crippen LogP contribution in [0.2, 0.25) is 0 Å². The van der Waals surface area contributed by atoms with Gasteiger partial charge in [-0.2, -0.15) is 0 Å². The minimum Gasteiger partial charge on any atom is -0.507 e. The van der Waals surface area contributed by atoms with Crippen LogP contribution in [-0.4, -0.2) is 21.4 Å². The molecule has 5 heteroatoms. The van der Waals surface area contributed by atoms with Gasteiger partial charge in [0, 0.05) is 32.0 Å². The van der Waals surface area contributed by atoms with Crippen LogP contribution in [0.4, 0.5) is 5.69 Å². The summed E-state index contributed by atoms with van der Waals surface area (Å²) in [5.41, 5.74) is 9.36. The number of phenols is 2. The van der Waals surface area contributed by atoms with Crippen LogP contribution < -0.4 is 0 Å². The molecule has 0 fully saturated rings. The largest absolute Gasteiger partial charge is 0.507 e. The van der Waals surface area contributed by atoms with E-state index in [0.29, 0.717) is 39.9 Å². The van der Waals surface area contributed by atoms with Crippen molar-refractivity contribution in [2.75, 3.05) is 0 Å². The first-order chi connectivity index (χ1) is 21.3. The summed E-state index contributed by atoms with van der Waals surface area (Å²) in [4.78, 5) is 9.68. The number of rotatable bonds is 7. The second kappa shape index (κ2) is 13.6. The Bertz CT molecular complexity index is 1970. The van der Waals surface area contributed by atoms with E-state index in [-0.39, 0.29) is 32.6 Å². The van der Waals surface area contributed by atoms with Crippen molar-refractivity contribution in [1.29, 1.82) is 0 Å². The second-order valence-corrected chi connectivity index (χ2v) is 11.8. The van der Waals surface area contributed by atoms with Crippen molar-refractivity contribution in [3.8, 4) is 45.0 Å². The number of aliphatic imine (C=N–C) groups is 1. The summed E-state index contributed by atoms with van der Waals surface area (Å²) in [5.74, 6) is 1.06. The number of aromatic nitrogens is 1. The number of para-hydroxylation sites is 1. The molecule has 1 aromatic heterocycles. The monoisotopic (exact) mass is 771 g/mol. The maximum atomic E-state index is 11.4. The van der Waals surface area contributed by atoms with Gasteiger partial charge in [0.15, 0.2) is 0 Å². The van der Waals surface area contributed by atoms with E-state index in [1.54, 1.807) is 18.3 Å². The zero-order chi connectivity index (χ0) is 30.8. The molecule has 2 N–H and O–H groups in total. The number of benzene rings is 5. The molecule has 0 radical (unpaired) electrons. The molecule has 5 aromatic carbocycles. The Morgan fingerprint density at radius 1 is 0.622 bits per heavy atom. The van der Waals surface area contributed by atoms with Crippen LogP contribution in [0.25, 0.3) is 44.3 Å². The fraction of sp³-hybridized carbons (Fsp3) is 0.150. The smallest absolute Gasteiger partial charge is 0.126 e. The Kier molecular flexibility index (Phi) is 9.65. The molecule has 0 aliphatic heterocycles. The van der Waals surface area contributed by atoms with Crippen molar-refractivity contribution >= 4 is 22.7 Å². The summed E-state index contributed by atoms with van der Waals surface area (Å²) < 4.78 is 0. The number of hydrogen-bond acceptors (Lipinski definition) is 4. The van der Waals surface area contributed by atoms with Gasteiger partial charge in [0.25, 0.3) is 0 Å². The molecule has 0 amide bonds. The quantitative estimate of drug-likeness (QED) is 0.159. The molecule has 228 valence electrons. The van der Waals surface area contributed by atoms with E-state index >= 15 is 0 Å². The van der Waals surface area contributed by atoms with Gasteiger partial charge < -0.3 is 10.2 Å². The molecule has 6 rings (SSSR count). The summed E-state index contributed by atoms with van der Waals surface area (Å²) in [6.07, 6.45) is 1.73. The fourth-order valence-electron chi connectivity index (χ4n) is 5.90. The molecule has 0 saturated heterocycles. The van der Waals surface area contributed by atoms with Crippen molar-refractivity contribution in [3.05, 3.63) is 132 Å². The molecule has 0 atom stereocenters. The predicted molar refractivity (Wildman–Crippen MR) is 183 cm³/mol. The minimum absolute atomic E-state index is 0. The maximum absolute atomic E-state index is 11.4. The standard InChI is InChI=1S/C40H36N2O2.Pt/c1-25(2)32-16-11-17-33(26(3)4)39(32)30-20-28-14-10-18-35(40(28)38(44)23-30)41-24-31-21-29(27-12-6-5-7-13-27)22-36(42-31)34-15-8-9-19-37(34)43;/h5-26,43-44H,1-4H3;. The Hall–Kier alpha value is -4.53. The van der Waals surface area contributed by atoms with E-state index < -0.39 is 0 Å². The topological polar surface area (TPSA) is 65.7 Å². The molecule has 0 aliphatic rings. The average Bonchev–Trinajstić information content (AvgIpc) is 3.03. The third kappa shape index (κ3) is 6.62. The summed E-state index contributed by atoms with van der Waals surface area (Å²) in [6, 6.07) is 37.7. The van der Waals surface area contributed by atoms with Crippen LogP contribution in [-0.2, 0) is 21.1 Å². The van der Waals surface area contributed by atoms with Gasteiger partial charge in [-0.25, -0.2) is 4.98 Å². The van der Waals surface area contributed by atoms with Crippen LogP contribution in [0.15, 0.2) is 120 Å². The molecular formula is C40H36N2O2Pt. The van der Waals surface area contributed by atoms with E-state index in [2.05, 4.69) is 52.0 Å². The number of fused-ring (bicyclic) bond motifs is 1. The molecule has 45 heavy (non-hydrogen) atoms.